The maximum Gasteiger partial charge on any atom is 0.308 e. The number of methoxy groups -OCH3 is 1. The zero-order chi connectivity index (χ0) is 13.7. The fourth-order valence-electron chi connectivity index (χ4n) is 1.71. The van der Waals surface area contributed by atoms with Crippen molar-refractivity contribution >= 4 is 11.8 Å². The highest BCUT2D eigenvalue weighted by atomic mass is 16.5. The molecule has 1 rings (SSSR count). The van der Waals surface area contributed by atoms with Gasteiger partial charge in [0.15, 0.2) is 0 Å². The molecular weight excluding hydrogens is 232 g/mol. The highest BCUT2D eigenvalue weighted by Gasteiger charge is 2.22. The van der Waals surface area contributed by atoms with Crippen LogP contribution in [0.5, 0.6) is 5.75 Å². The third-order valence-corrected chi connectivity index (χ3v) is 2.99. The molecule has 0 saturated heterocycles. The Morgan fingerprint density at radius 1 is 1.22 bits per heavy atom. The van der Waals surface area contributed by atoms with E-state index in [0.717, 1.165) is 5.56 Å². The number of phenols is 1. The summed E-state index contributed by atoms with van der Waals surface area (Å²) in [5.74, 6) is -0.944. The first-order chi connectivity index (χ1) is 8.45. The van der Waals surface area contributed by atoms with Gasteiger partial charge < -0.3 is 9.84 Å². The van der Waals surface area contributed by atoms with E-state index in [1.54, 1.807) is 38.1 Å². The van der Waals surface area contributed by atoms with E-state index in [-0.39, 0.29) is 29.8 Å². The molecule has 0 fully saturated rings. The number of ketones is 1. The molecule has 1 aromatic rings. The second-order valence-electron chi connectivity index (χ2n) is 4.41. The zero-order valence-corrected chi connectivity index (χ0v) is 10.8. The number of carbonyl (C=O) groups is 2. The van der Waals surface area contributed by atoms with Crippen LogP contribution < -0.4 is 0 Å². The Labute approximate surface area is 107 Å². The highest BCUT2D eigenvalue weighted by Crippen LogP contribution is 2.22. The maximum absolute atomic E-state index is 12.0. The molecule has 0 unspecified atom stereocenters. The van der Waals surface area contributed by atoms with Crippen molar-refractivity contribution in [3.05, 3.63) is 29.8 Å². The molecule has 1 aromatic carbocycles. The molecule has 0 spiro atoms. The van der Waals surface area contributed by atoms with Crippen molar-refractivity contribution in [3.63, 3.8) is 0 Å². The van der Waals surface area contributed by atoms with Crippen LogP contribution in [-0.4, -0.2) is 24.0 Å². The molecule has 0 aromatic heterocycles. The van der Waals surface area contributed by atoms with Gasteiger partial charge in [-0.25, -0.2) is 0 Å². The first-order valence-electron chi connectivity index (χ1n) is 5.85. The fourth-order valence-corrected chi connectivity index (χ4v) is 1.71. The molecule has 4 nitrogen and oxygen atoms in total. The summed E-state index contributed by atoms with van der Waals surface area (Å²) in [5, 5.41) is 9.18. The summed E-state index contributed by atoms with van der Waals surface area (Å²) in [6.07, 6.45) is 0.161. The Kier molecular flexibility index (Phi) is 4.89. The van der Waals surface area contributed by atoms with Gasteiger partial charge in [-0.1, -0.05) is 26.0 Å². The van der Waals surface area contributed by atoms with Crippen LogP contribution >= 0.6 is 0 Å². The Morgan fingerprint density at radius 3 is 2.28 bits per heavy atom. The zero-order valence-electron chi connectivity index (χ0n) is 10.8. The minimum absolute atomic E-state index is 0.0152. The topological polar surface area (TPSA) is 63.6 Å². The van der Waals surface area contributed by atoms with Crippen molar-refractivity contribution in [2.24, 2.45) is 5.92 Å². The van der Waals surface area contributed by atoms with Gasteiger partial charge in [0.05, 0.1) is 13.0 Å². The number of phenolic OH excluding ortho intramolecular Hbond substituents is 1. The second-order valence-corrected chi connectivity index (χ2v) is 4.41. The van der Waals surface area contributed by atoms with E-state index >= 15 is 0 Å². The quantitative estimate of drug-likeness (QED) is 0.814. The van der Waals surface area contributed by atoms with Crippen LogP contribution in [0.4, 0.5) is 0 Å². The van der Waals surface area contributed by atoms with E-state index in [2.05, 4.69) is 4.74 Å². The van der Waals surface area contributed by atoms with Crippen LogP contribution in [0.15, 0.2) is 24.3 Å². The minimum atomic E-state index is -0.429. The Morgan fingerprint density at radius 2 is 1.78 bits per heavy atom. The monoisotopic (exact) mass is 250 g/mol. The van der Waals surface area contributed by atoms with Gasteiger partial charge in [0.1, 0.15) is 11.5 Å². The standard InChI is InChI=1S/C14H18O4/c1-9(14(17)18-3)8-13(16)10(2)11-4-6-12(15)7-5-11/h4-7,9-10,15H,8H2,1-3H3/t9-,10+/m1/s1. The van der Waals surface area contributed by atoms with Gasteiger partial charge in [0.2, 0.25) is 0 Å². The largest absolute Gasteiger partial charge is 0.508 e. The van der Waals surface area contributed by atoms with E-state index < -0.39 is 5.92 Å². The number of esters is 1. The van der Waals surface area contributed by atoms with Gasteiger partial charge >= 0.3 is 5.97 Å². The van der Waals surface area contributed by atoms with Crippen LogP contribution in [-0.2, 0) is 14.3 Å². The summed E-state index contributed by atoms with van der Waals surface area (Å²) < 4.78 is 4.59. The molecule has 0 aliphatic carbocycles. The average molecular weight is 250 g/mol. The van der Waals surface area contributed by atoms with E-state index in [1.807, 2.05) is 0 Å². The first kappa shape index (κ1) is 14.2. The highest BCUT2D eigenvalue weighted by molar-refractivity contribution is 5.89. The predicted molar refractivity (Wildman–Crippen MR) is 67.3 cm³/mol. The molecule has 0 aliphatic heterocycles. The van der Waals surface area contributed by atoms with Gasteiger partial charge in [0, 0.05) is 12.3 Å². The van der Waals surface area contributed by atoms with Crippen molar-refractivity contribution in [3.8, 4) is 5.75 Å². The van der Waals surface area contributed by atoms with Gasteiger partial charge in [-0.05, 0) is 17.7 Å². The molecule has 0 aliphatic rings. The molecule has 1 N–H and O–H groups in total. The summed E-state index contributed by atoms with van der Waals surface area (Å²) in [6.45, 7) is 3.46. The molecule has 18 heavy (non-hydrogen) atoms. The molecule has 4 heteroatoms. The molecule has 0 radical (unpaired) electrons. The molecule has 98 valence electrons. The first-order valence-corrected chi connectivity index (χ1v) is 5.85. The van der Waals surface area contributed by atoms with Crippen molar-refractivity contribution in [2.45, 2.75) is 26.2 Å². The fraction of sp³-hybridized carbons (Fsp3) is 0.429. The van der Waals surface area contributed by atoms with E-state index in [1.165, 1.54) is 7.11 Å². The predicted octanol–water partition coefficient (Wildman–Crippen LogP) is 2.26. The minimum Gasteiger partial charge on any atom is -0.508 e. The van der Waals surface area contributed by atoms with E-state index in [4.69, 9.17) is 0 Å². The van der Waals surface area contributed by atoms with Crippen molar-refractivity contribution in [1.82, 2.24) is 0 Å². The number of Topliss-reactive ketones (excluding diaryl/α,β-unsaturated/α-hetero) is 1. The summed E-state index contributed by atoms with van der Waals surface area (Å²) >= 11 is 0. The van der Waals surface area contributed by atoms with Gasteiger partial charge in [-0.2, -0.15) is 0 Å². The smallest absolute Gasteiger partial charge is 0.308 e. The number of aromatic hydroxyl groups is 1. The van der Waals surface area contributed by atoms with Gasteiger partial charge in [-0.15, -0.1) is 0 Å². The second kappa shape index (κ2) is 6.19. The molecule has 0 amide bonds. The maximum atomic E-state index is 12.0. The van der Waals surface area contributed by atoms with Crippen LogP contribution in [0.1, 0.15) is 31.7 Å². The summed E-state index contributed by atoms with van der Waals surface area (Å²) in [5.41, 5.74) is 0.829. The Bertz CT molecular complexity index is 422. The third kappa shape index (κ3) is 3.58. The Balaban J connectivity index is 2.67. The van der Waals surface area contributed by atoms with Crippen molar-refractivity contribution in [1.29, 1.82) is 0 Å². The molecule has 0 heterocycles. The summed E-state index contributed by atoms with van der Waals surface area (Å²) in [4.78, 5) is 23.2. The lowest BCUT2D eigenvalue weighted by Gasteiger charge is -2.13. The molecule has 2 atom stereocenters. The van der Waals surface area contributed by atoms with Gasteiger partial charge in [0.25, 0.3) is 0 Å². The van der Waals surface area contributed by atoms with E-state index in [9.17, 15) is 14.7 Å². The molecule has 0 bridgehead atoms. The van der Waals surface area contributed by atoms with Crippen molar-refractivity contribution in [2.75, 3.05) is 7.11 Å². The SMILES string of the molecule is COC(=O)[C@H](C)CC(=O)[C@@H](C)c1ccc(O)cc1. The Hall–Kier alpha value is -1.84. The van der Waals surface area contributed by atoms with E-state index in [0.29, 0.717) is 0 Å². The van der Waals surface area contributed by atoms with Crippen molar-refractivity contribution < 1.29 is 19.4 Å². The summed E-state index contributed by atoms with van der Waals surface area (Å²) in [6, 6.07) is 6.51. The number of hydrogen-bond donors (Lipinski definition) is 1. The lowest BCUT2D eigenvalue weighted by molar-refractivity contribution is -0.146. The van der Waals surface area contributed by atoms with Crippen LogP contribution in [0, 0.1) is 5.92 Å². The number of rotatable bonds is 5. The summed E-state index contributed by atoms with van der Waals surface area (Å²) in [7, 11) is 1.31. The number of benzene rings is 1. The average Bonchev–Trinajstić information content (AvgIpc) is 2.37. The third-order valence-electron chi connectivity index (χ3n) is 2.99. The van der Waals surface area contributed by atoms with Crippen LogP contribution in [0.3, 0.4) is 0 Å². The molecular formula is C14H18O4. The lowest BCUT2D eigenvalue weighted by atomic mass is 9.91. The number of ether oxygens (including phenoxy) is 1. The normalized spacial score (nSPS) is 13.7. The molecule has 0 saturated carbocycles. The lowest BCUT2D eigenvalue weighted by Crippen LogP contribution is -2.19. The number of hydrogen-bond acceptors (Lipinski definition) is 4. The van der Waals surface area contributed by atoms with Crippen LogP contribution in [0.25, 0.3) is 0 Å². The van der Waals surface area contributed by atoms with Gasteiger partial charge in [-0.3, -0.25) is 9.59 Å². The van der Waals surface area contributed by atoms with Crippen LogP contribution in [0.2, 0.25) is 0 Å². The number of carbonyl (C=O) groups excluding carboxylic acids is 2.